The van der Waals surface area contributed by atoms with Crippen LogP contribution in [-0.2, 0) is 22.4 Å². The standard InChI is InChI=1S/C26H30N4O4S2/c1-3-34-26(33)29-14-12-28(13-15-29)21(31)16-35-25-27-23-22(19-6-4-5-7-20(19)36-23)24(32)30(25)18-10-8-17(2)9-11-18/h8-11H,3-7,12-16H2,1-2H3. The van der Waals surface area contributed by atoms with Gasteiger partial charge in [-0.05, 0) is 57.2 Å². The minimum atomic E-state index is -0.336. The van der Waals surface area contributed by atoms with E-state index in [1.165, 1.54) is 16.6 Å². The van der Waals surface area contributed by atoms with Crippen LogP contribution in [0.5, 0.6) is 0 Å². The average Bonchev–Trinajstić information content (AvgIpc) is 3.27. The molecule has 2 aliphatic rings. The number of piperazine rings is 1. The Hall–Kier alpha value is -2.85. The number of nitrogens with zero attached hydrogens (tertiary/aromatic N) is 4. The summed E-state index contributed by atoms with van der Waals surface area (Å²) in [5.74, 6) is 0.146. The van der Waals surface area contributed by atoms with Crippen molar-refractivity contribution in [3.05, 3.63) is 50.6 Å². The zero-order valence-electron chi connectivity index (χ0n) is 20.6. The lowest BCUT2D eigenvalue weighted by Gasteiger charge is -2.34. The number of benzene rings is 1. The topological polar surface area (TPSA) is 84.7 Å². The second kappa shape index (κ2) is 10.6. The molecule has 0 bridgehead atoms. The molecule has 36 heavy (non-hydrogen) atoms. The first-order valence-electron chi connectivity index (χ1n) is 12.4. The Morgan fingerprint density at radius 1 is 1.06 bits per heavy atom. The SMILES string of the molecule is CCOC(=O)N1CCN(C(=O)CSc2nc3sc4c(c3c(=O)n2-c2ccc(C)cc2)CCCC4)CC1. The highest BCUT2D eigenvalue weighted by molar-refractivity contribution is 7.99. The Labute approximate surface area is 218 Å². The third-order valence-electron chi connectivity index (χ3n) is 6.73. The predicted octanol–water partition coefficient (Wildman–Crippen LogP) is 4.03. The minimum Gasteiger partial charge on any atom is -0.450 e. The smallest absolute Gasteiger partial charge is 0.409 e. The van der Waals surface area contributed by atoms with Gasteiger partial charge in [0.25, 0.3) is 5.56 Å². The molecule has 10 heteroatoms. The monoisotopic (exact) mass is 526 g/mol. The highest BCUT2D eigenvalue weighted by atomic mass is 32.2. The van der Waals surface area contributed by atoms with E-state index in [4.69, 9.17) is 9.72 Å². The fourth-order valence-electron chi connectivity index (χ4n) is 4.78. The number of hydrogen-bond donors (Lipinski definition) is 0. The van der Waals surface area contributed by atoms with Gasteiger partial charge in [-0.1, -0.05) is 29.5 Å². The summed E-state index contributed by atoms with van der Waals surface area (Å²) < 4.78 is 6.73. The van der Waals surface area contributed by atoms with Crippen LogP contribution in [0.25, 0.3) is 15.9 Å². The predicted molar refractivity (Wildman–Crippen MR) is 142 cm³/mol. The van der Waals surface area contributed by atoms with Crippen molar-refractivity contribution < 1.29 is 14.3 Å². The van der Waals surface area contributed by atoms with Crippen molar-refractivity contribution in [2.24, 2.45) is 0 Å². The van der Waals surface area contributed by atoms with E-state index in [1.54, 1.807) is 32.6 Å². The fourth-order valence-corrected chi connectivity index (χ4v) is 6.99. The largest absolute Gasteiger partial charge is 0.450 e. The molecule has 3 heterocycles. The van der Waals surface area contributed by atoms with Crippen LogP contribution in [0.1, 0.15) is 35.8 Å². The van der Waals surface area contributed by atoms with Crippen LogP contribution in [-0.4, -0.2) is 69.9 Å². The van der Waals surface area contributed by atoms with E-state index in [0.717, 1.165) is 52.7 Å². The Morgan fingerprint density at radius 2 is 1.75 bits per heavy atom. The molecular formula is C26H30N4O4S2. The van der Waals surface area contributed by atoms with Crippen LogP contribution in [0.15, 0.2) is 34.2 Å². The molecule has 190 valence electrons. The van der Waals surface area contributed by atoms with E-state index in [1.807, 2.05) is 31.2 Å². The molecule has 0 atom stereocenters. The zero-order chi connectivity index (χ0) is 25.2. The van der Waals surface area contributed by atoms with E-state index in [2.05, 4.69) is 0 Å². The number of carbonyl (C=O) groups is 2. The third kappa shape index (κ3) is 4.88. The van der Waals surface area contributed by atoms with Gasteiger partial charge in [0.05, 0.1) is 23.4 Å². The van der Waals surface area contributed by atoms with Crippen molar-refractivity contribution in [1.82, 2.24) is 19.4 Å². The Balaban J connectivity index is 1.40. The van der Waals surface area contributed by atoms with Crippen LogP contribution < -0.4 is 5.56 Å². The van der Waals surface area contributed by atoms with Crippen molar-refractivity contribution in [2.75, 3.05) is 38.5 Å². The molecule has 0 N–H and O–H groups in total. The number of thioether (sulfide) groups is 1. The van der Waals surface area contributed by atoms with Crippen LogP contribution in [0.2, 0.25) is 0 Å². The highest BCUT2D eigenvalue weighted by Gasteiger charge is 2.26. The number of thiophene rings is 1. The molecular weight excluding hydrogens is 496 g/mol. The maximum absolute atomic E-state index is 13.8. The average molecular weight is 527 g/mol. The summed E-state index contributed by atoms with van der Waals surface area (Å²) in [5.41, 5.74) is 2.97. The second-order valence-electron chi connectivity index (χ2n) is 9.12. The van der Waals surface area contributed by atoms with E-state index in [0.29, 0.717) is 37.9 Å². The van der Waals surface area contributed by atoms with E-state index < -0.39 is 0 Å². The number of aryl methyl sites for hydroxylation is 3. The number of hydrogen-bond acceptors (Lipinski definition) is 7. The molecule has 0 saturated carbocycles. The van der Waals surface area contributed by atoms with Gasteiger partial charge in [0, 0.05) is 31.1 Å². The number of fused-ring (bicyclic) bond motifs is 3. The summed E-state index contributed by atoms with van der Waals surface area (Å²) in [6.45, 7) is 5.96. The van der Waals surface area contributed by atoms with Gasteiger partial charge in [0.15, 0.2) is 5.16 Å². The number of ether oxygens (including phenoxy) is 1. The van der Waals surface area contributed by atoms with Crippen molar-refractivity contribution in [1.29, 1.82) is 0 Å². The Kier molecular flexibility index (Phi) is 7.34. The summed E-state index contributed by atoms with van der Waals surface area (Å²) in [4.78, 5) is 49.2. The lowest BCUT2D eigenvalue weighted by Crippen LogP contribution is -2.51. The van der Waals surface area contributed by atoms with Crippen molar-refractivity contribution in [3.8, 4) is 5.69 Å². The molecule has 8 nitrogen and oxygen atoms in total. The van der Waals surface area contributed by atoms with Gasteiger partial charge >= 0.3 is 6.09 Å². The number of rotatable bonds is 5. The van der Waals surface area contributed by atoms with Crippen molar-refractivity contribution in [2.45, 2.75) is 44.7 Å². The zero-order valence-corrected chi connectivity index (χ0v) is 22.3. The fraction of sp³-hybridized carbons (Fsp3) is 0.462. The van der Waals surface area contributed by atoms with Gasteiger partial charge in [-0.25, -0.2) is 9.78 Å². The summed E-state index contributed by atoms with van der Waals surface area (Å²) in [5, 5.41) is 1.27. The first-order valence-corrected chi connectivity index (χ1v) is 14.2. The maximum atomic E-state index is 13.8. The normalized spacial score (nSPS) is 15.7. The highest BCUT2D eigenvalue weighted by Crippen LogP contribution is 2.35. The lowest BCUT2D eigenvalue weighted by atomic mass is 9.97. The van der Waals surface area contributed by atoms with Crippen LogP contribution in [0.4, 0.5) is 4.79 Å². The molecule has 2 aromatic heterocycles. The van der Waals surface area contributed by atoms with Gasteiger partial charge in [-0.3, -0.25) is 14.2 Å². The molecule has 1 aliphatic heterocycles. The molecule has 1 aromatic carbocycles. The molecule has 3 aromatic rings. The lowest BCUT2D eigenvalue weighted by molar-refractivity contribution is -0.129. The molecule has 1 fully saturated rings. The molecule has 5 rings (SSSR count). The molecule has 1 saturated heterocycles. The summed E-state index contributed by atoms with van der Waals surface area (Å²) in [6.07, 6.45) is 3.82. The Bertz CT molecular complexity index is 1340. The van der Waals surface area contributed by atoms with E-state index in [-0.39, 0.29) is 23.3 Å². The van der Waals surface area contributed by atoms with Crippen molar-refractivity contribution >= 4 is 45.3 Å². The molecule has 0 radical (unpaired) electrons. The van der Waals surface area contributed by atoms with Crippen LogP contribution >= 0.6 is 23.1 Å². The first kappa shape index (κ1) is 24.8. The van der Waals surface area contributed by atoms with Gasteiger partial charge in [-0.2, -0.15) is 0 Å². The minimum absolute atomic E-state index is 0.0289. The number of aromatic nitrogens is 2. The molecule has 0 spiro atoms. The summed E-state index contributed by atoms with van der Waals surface area (Å²) in [6, 6.07) is 7.84. The molecule has 0 unspecified atom stereocenters. The van der Waals surface area contributed by atoms with Crippen molar-refractivity contribution in [3.63, 3.8) is 0 Å². The summed E-state index contributed by atoms with van der Waals surface area (Å²) in [7, 11) is 0. The quantitative estimate of drug-likeness (QED) is 0.369. The van der Waals surface area contributed by atoms with Gasteiger partial charge in [0.1, 0.15) is 4.83 Å². The van der Waals surface area contributed by atoms with Gasteiger partial charge in [0.2, 0.25) is 5.91 Å². The summed E-state index contributed by atoms with van der Waals surface area (Å²) >= 11 is 2.92. The maximum Gasteiger partial charge on any atom is 0.409 e. The van der Waals surface area contributed by atoms with Gasteiger partial charge in [-0.15, -0.1) is 11.3 Å². The second-order valence-corrected chi connectivity index (χ2v) is 11.1. The van der Waals surface area contributed by atoms with Crippen LogP contribution in [0.3, 0.4) is 0 Å². The van der Waals surface area contributed by atoms with E-state index >= 15 is 0 Å². The number of carbonyl (C=O) groups excluding carboxylic acids is 2. The van der Waals surface area contributed by atoms with E-state index in [9.17, 15) is 14.4 Å². The number of amides is 2. The Morgan fingerprint density at radius 3 is 2.47 bits per heavy atom. The molecule has 2 amide bonds. The van der Waals surface area contributed by atoms with Gasteiger partial charge < -0.3 is 14.5 Å². The first-order chi connectivity index (χ1) is 17.5. The third-order valence-corrected chi connectivity index (χ3v) is 8.84. The van der Waals surface area contributed by atoms with Crippen LogP contribution in [0, 0.1) is 6.92 Å². The molecule has 1 aliphatic carbocycles.